The molecule has 5 N–H and O–H groups in total. The SMILES string of the molecule is CC(C)[C@H](CCCNC(=O)CCCN1C(=O)C=CC1=O)C(=O)N[C@@H](CCCCC(N)=O)C(=O)Cc1ccc(C(=O)Cc2ccc3[nH]c(C(=O)N4C[C@H]5CC56C4=CC(=O)c4ccccc46)cc3c2)cc1. The second-order valence-electron chi connectivity index (χ2n) is 19.2. The van der Waals surface area contributed by atoms with Crippen molar-refractivity contribution in [3.63, 3.8) is 0 Å². The second-order valence-corrected chi connectivity index (χ2v) is 19.2. The Labute approximate surface area is 400 Å². The number of rotatable bonds is 23. The van der Waals surface area contributed by atoms with E-state index < -0.39 is 17.9 Å². The minimum Gasteiger partial charge on any atom is -0.370 e. The van der Waals surface area contributed by atoms with Gasteiger partial charge in [0, 0.05) is 103 Å². The second kappa shape index (κ2) is 20.5. The Kier molecular flexibility index (Phi) is 14.3. The summed E-state index contributed by atoms with van der Waals surface area (Å²) in [4.78, 5) is 121. The van der Waals surface area contributed by atoms with Crippen molar-refractivity contribution in [1.82, 2.24) is 25.4 Å². The highest BCUT2D eigenvalue weighted by molar-refractivity contribution is 6.13. The molecule has 8 rings (SSSR count). The van der Waals surface area contributed by atoms with Crippen LogP contribution in [0.1, 0.15) is 120 Å². The highest BCUT2D eigenvalue weighted by Gasteiger charge is 2.67. The zero-order valence-corrected chi connectivity index (χ0v) is 39.0. The van der Waals surface area contributed by atoms with Crippen molar-refractivity contribution >= 4 is 63.7 Å². The summed E-state index contributed by atoms with van der Waals surface area (Å²) in [6.07, 6.45) is 7.97. The van der Waals surface area contributed by atoms with E-state index in [0.29, 0.717) is 74.0 Å². The number of likely N-dealkylation sites (tertiary alicyclic amines) is 1. The van der Waals surface area contributed by atoms with Crippen LogP contribution in [0.4, 0.5) is 0 Å². The first-order chi connectivity index (χ1) is 33.1. The third-order valence-corrected chi connectivity index (χ3v) is 14.1. The first-order valence-electron chi connectivity index (χ1n) is 24.0. The van der Waals surface area contributed by atoms with Crippen LogP contribution in [0.3, 0.4) is 0 Å². The number of unbranched alkanes of at least 4 members (excludes halogenated alkanes) is 1. The third kappa shape index (κ3) is 10.6. The number of primary amides is 1. The van der Waals surface area contributed by atoms with Crippen molar-refractivity contribution in [3.8, 4) is 0 Å². The molecular formula is C54H58N6O9. The van der Waals surface area contributed by atoms with E-state index in [4.69, 9.17) is 5.73 Å². The molecule has 6 amide bonds. The number of nitrogens with two attached hydrogens (primary N) is 1. The maximum Gasteiger partial charge on any atom is 0.274 e. The van der Waals surface area contributed by atoms with Crippen LogP contribution in [0.15, 0.2) is 96.7 Å². The number of aromatic amines is 1. The van der Waals surface area contributed by atoms with E-state index in [0.717, 1.165) is 39.0 Å². The Balaban J connectivity index is 0.835. The lowest BCUT2D eigenvalue weighted by atomic mass is 9.81. The van der Waals surface area contributed by atoms with Crippen LogP contribution in [-0.2, 0) is 47.0 Å². The average Bonchev–Trinajstić information content (AvgIpc) is 3.52. The number of allylic oxidation sites excluding steroid dienone is 2. The number of benzene rings is 3. The molecule has 0 radical (unpaired) electrons. The van der Waals surface area contributed by atoms with Gasteiger partial charge in [0.15, 0.2) is 17.3 Å². The Morgan fingerprint density at radius 2 is 1.57 bits per heavy atom. The molecule has 2 aliphatic heterocycles. The zero-order chi connectivity index (χ0) is 49.0. The number of Topliss-reactive ketones (excluding diaryl/α,β-unsaturated/α-hetero) is 2. The normalized spacial score (nSPS) is 18.7. The van der Waals surface area contributed by atoms with E-state index in [1.54, 1.807) is 41.3 Å². The highest BCUT2D eigenvalue weighted by Crippen LogP contribution is 2.66. The number of amides is 6. The number of ketones is 3. The Bertz CT molecular complexity index is 2790. The lowest BCUT2D eigenvalue weighted by Gasteiger charge is -2.29. The largest absolute Gasteiger partial charge is 0.370 e. The fourth-order valence-corrected chi connectivity index (χ4v) is 10.2. The van der Waals surface area contributed by atoms with E-state index in [2.05, 4.69) is 15.6 Å². The average molecular weight is 935 g/mol. The maximum atomic E-state index is 13.9. The minimum atomic E-state index is -0.819. The molecule has 1 aromatic heterocycles. The Morgan fingerprint density at radius 3 is 2.30 bits per heavy atom. The predicted molar refractivity (Wildman–Crippen MR) is 256 cm³/mol. The van der Waals surface area contributed by atoms with Crippen LogP contribution in [0.2, 0.25) is 0 Å². The molecule has 15 nitrogen and oxygen atoms in total. The van der Waals surface area contributed by atoms with Gasteiger partial charge in [-0.05, 0) is 85.3 Å². The molecular weight excluding hydrogens is 877 g/mol. The molecule has 1 unspecified atom stereocenters. The van der Waals surface area contributed by atoms with Gasteiger partial charge in [-0.2, -0.15) is 0 Å². The van der Waals surface area contributed by atoms with Gasteiger partial charge >= 0.3 is 0 Å². The lowest BCUT2D eigenvalue weighted by molar-refractivity contribution is -0.137. The molecule has 358 valence electrons. The summed E-state index contributed by atoms with van der Waals surface area (Å²) < 4.78 is 0. The fraction of sp³-hybridized carbons (Fsp3) is 0.389. The van der Waals surface area contributed by atoms with Gasteiger partial charge in [-0.25, -0.2) is 0 Å². The van der Waals surface area contributed by atoms with Crippen molar-refractivity contribution in [3.05, 3.63) is 130 Å². The summed E-state index contributed by atoms with van der Waals surface area (Å²) in [5.41, 5.74) is 10.6. The van der Waals surface area contributed by atoms with Gasteiger partial charge < -0.3 is 26.3 Å². The van der Waals surface area contributed by atoms with Gasteiger partial charge in [0.1, 0.15) is 5.69 Å². The Hall–Kier alpha value is -7.29. The zero-order valence-electron chi connectivity index (χ0n) is 39.0. The standard InChI is InChI=1S/C54H58N6O9/c1-32(2)38(10-7-23-56-49(65)14-8-24-59-50(66)21-22-51(59)67)52(68)58-42(12-5-6-13-48(55)64)46(63)26-33-15-18-35(19-16-33)44(61)27-34-17-20-41-36(25-34)28-43(57-41)53(69)60-31-37-30-54(37)40-11-4-3-9-39(40)45(62)29-47(54)60/h3-4,9,11,15-22,25,28-29,32,37-38,42,57H,5-8,10,12-14,23-24,26-27,30-31H2,1-2H3,(H2,55,64)(H,56,65)(H,58,68)/t37-,38+,42+,54?/m1/s1. The van der Waals surface area contributed by atoms with Crippen LogP contribution in [0.5, 0.6) is 0 Å². The summed E-state index contributed by atoms with van der Waals surface area (Å²) in [5, 5.41) is 6.60. The smallest absolute Gasteiger partial charge is 0.274 e. The minimum absolute atomic E-state index is 0.00930. The molecule has 4 atom stereocenters. The number of carbonyl (C=O) groups excluding carboxylic acids is 9. The molecule has 2 fully saturated rings. The van der Waals surface area contributed by atoms with Gasteiger partial charge in [-0.15, -0.1) is 0 Å². The summed E-state index contributed by atoms with van der Waals surface area (Å²) in [6, 6.07) is 21.1. The molecule has 3 heterocycles. The Morgan fingerprint density at radius 1 is 0.826 bits per heavy atom. The lowest BCUT2D eigenvalue weighted by Crippen LogP contribution is -2.45. The number of nitrogens with zero attached hydrogens (tertiary/aromatic N) is 2. The maximum absolute atomic E-state index is 13.9. The topological polar surface area (TPSA) is 226 Å². The number of aromatic nitrogens is 1. The molecule has 1 saturated heterocycles. The number of H-pyrrole nitrogens is 1. The summed E-state index contributed by atoms with van der Waals surface area (Å²) >= 11 is 0. The summed E-state index contributed by atoms with van der Waals surface area (Å²) in [5.74, 6) is -2.56. The number of hydrogen-bond acceptors (Lipinski definition) is 9. The molecule has 69 heavy (non-hydrogen) atoms. The first kappa shape index (κ1) is 48.2. The first-order valence-corrected chi connectivity index (χ1v) is 24.0. The van der Waals surface area contributed by atoms with E-state index in [1.165, 1.54) is 12.2 Å². The highest BCUT2D eigenvalue weighted by atomic mass is 16.2. The van der Waals surface area contributed by atoms with Gasteiger partial charge in [-0.1, -0.05) is 74.9 Å². The monoisotopic (exact) mass is 934 g/mol. The number of fused-ring (bicyclic) bond motifs is 2. The number of imide groups is 1. The van der Waals surface area contributed by atoms with E-state index >= 15 is 0 Å². The molecule has 2 aliphatic carbocycles. The third-order valence-electron chi connectivity index (χ3n) is 14.1. The van der Waals surface area contributed by atoms with Crippen molar-refractivity contribution < 1.29 is 43.2 Å². The van der Waals surface area contributed by atoms with Crippen LogP contribution in [-0.4, -0.2) is 93.3 Å². The molecule has 1 saturated carbocycles. The number of carbonyl (C=O) groups is 9. The molecule has 3 aromatic carbocycles. The summed E-state index contributed by atoms with van der Waals surface area (Å²) in [7, 11) is 0. The van der Waals surface area contributed by atoms with Crippen molar-refractivity contribution in [2.45, 2.75) is 95.9 Å². The van der Waals surface area contributed by atoms with Crippen molar-refractivity contribution in [2.24, 2.45) is 23.5 Å². The molecule has 0 bridgehead atoms. The van der Waals surface area contributed by atoms with Crippen molar-refractivity contribution in [1.29, 1.82) is 0 Å². The predicted octanol–water partition coefficient (Wildman–Crippen LogP) is 5.60. The molecule has 1 spiro atoms. The van der Waals surface area contributed by atoms with Gasteiger partial charge in [0.2, 0.25) is 17.7 Å². The number of hydrogen-bond donors (Lipinski definition) is 4. The molecule has 4 aliphatic rings. The molecule has 15 heteroatoms. The van der Waals surface area contributed by atoms with Crippen molar-refractivity contribution in [2.75, 3.05) is 19.6 Å². The molecule has 4 aromatic rings. The van der Waals surface area contributed by atoms with E-state index in [1.807, 2.05) is 56.3 Å². The van der Waals surface area contributed by atoms with Gasteiger partial charge in [0.25, 0.3) is 17.7 Å². The van der Waals surface area contributed by atoms with Gasteiger partial charge in [0.05, 0.1) is 6.04 Å². The van der Waals surface area contributed by atoms with Crippen LogP contribution in [0, 0.1) is 17.8 Å². The fourth-order valence-electron chi connectivity index (χ4n) is 10.2. The number of nitrogens with one attached hydrogen (secondary N) is 3. The quantitative estimate of drug-likeness (QED) is 0.0412. The number of piperidine rings is 1. The van der Waals surface area contributed by atoms with Gasteiger partial charge in [-0.3, -0.25) is 48.1 Å². The van der Waals surface area contributed by atoms with E-state index in [-0.39, 0.29) is 96.4 Å². The van der Waals surface area contributed by atoms with E-state index in [9.17, 15) is 43.2 Å². The summed E-state index contributed by atoms with van der Waals surface area (Å²) in [6.45, 7) is 4.89. The van der Waals surface area contributed by atoms with Crippen LogP contribution in [0.25, 0.3) is 10.9 Å². The van der Waals surface area contributed by atoms with Crippen LogP contribution >= 0.6 is 0 Å². The van der Waals surface area contributed by atoms with Crippen LogP contribution < -0.4 is 16.4 Å².